The van der Waals surface area contributed by atoms with Crippen molar-refractivity contribution < 1.29 is 4.74 Å². The number of benzene rings is 1. The van der Waals surface area contributed by atoms with Crippen molar-refractivity contribution in [3.8, 4) is 5.75 Å². The third-order valence-corrected chi connectivity index (χ3v) is 4.04. The summed E-state index contributed by atoms with van der Waals surface area (Å²) in [5, 5.41) is 0. The highest BCUT2D eigenvalue weighted by Crippen LogP contribution is 2.25. The van der Waals surface area contributed by atoms with E-state index in [0.29, 0.717) is 6.54 Å². The van der Waals surface area contributed by atoms with Crippen molar-refractivity contribution in [1.29, 1.82) is 0 Å². The first kappa shape index (κ1) is 13.4. The fraction of sp³-hybridized carbons (Fsp3) is 0.600. The molecule has 3 heteroatoms. The van der Waals surface area contributed by atoms with Crippen LogP contribution < -0.4 is 10.5 Å². The molecule has 0 aromatic heterocycles. The fourth-order valence-corrected chi connectivity index (χ4v) is 2.69. The molecule has 1 aliphatic rings. The van der Waals surface area contributed by atoms with Crippen LogP contribution in [-0.2, 0) is 13.1 Å². The molecular formula is C15H24N2O. The number of nitrogens with two attached hydrogens (primary N) is 1. The van der Waals surface area contributed by atoms with Gasteiger partial charge in [-0.25, -0.2) is 0 Å². The van der Waals surface area contributed by atoms with Crippen molar-refractivity contribution in [3.63, 3.8) is 0 Å². The maximum Gasteiger partial charge on any atom is 0.123 e. The van der Waals surface area contributed by atoms with E-state index in [1.54, 1.807) is 7.11 Å². The van der Waals surface area contributed by atoms with E-state index in [0.717, 1.165) is 29.7 Å². The Labute approximate surface area is 110 Å². The topological polar surface area (TPSA) is 38.5 Å². The van der Waals surface area contributed by atoms with Crippen molar-refractivity contribution in [1.82, 2.24) is 4.90 Å². The second-order valence-corrected chi connectivity index (χ2v) is 5.50. The van der Waals surface area contributed by atoms with Gasteiger partial charge in [-0.15, -0.1) is 0 Å². The second kappa shape index (κ2) is 5.72. The van der Waals surface area contributed by atoms with Gasteiger partial charge in [0.05, 0.1) is 7.11 Å². The van der Waals surface area contributed by atoms with Gasteiger partial charge >= 0.3 is 0 Å². The van der Waals surface area contributed by atoms with Crippen LogP contribution >= 0.6 is 0 Å². The number of hydrogen-bond acceptors (Lipinski definition) is 3. The van der Waals surface area contributed by atoms with Gasteiger partial charge in [-0.2, -0.15) is 0 Å². The molecule has 1 aromatic carbocycles. The number of methoxy groups -OCH3 is 1. The molecule has 2 atom stereocenters. The predicted molar refractivity (Wildman–Crippen MR) is 74.5 cm³/mol. The zero-order valence-electron chi connectivity index (χ0n) is 11.6. The summed E-state index contributed by atoms with van der Waals surface area (Å²) in [6, 6.07) is 6.37. The predicted octanol–water partition coefficient (Wildman–Crippen LogP) is 2.24. The van der Waals surface area contributed by atoms with Crippen molar-refractivity contribution in [2.45, 2.75) is 26.9 Å². The summed E-state index contributed by atoms with van der Waals surface area (Å²) in [6.45, 7) is 8.60. The summed E-state index contributed by atoms with van der Waals surface area (Å²) >= 11 is 0. The minimum atomic E-state index is 0.529. The second-order valence-electron chi connectivity index (χ2n) is 5.50. The van der Waals surface area contributed by atoms with E-state index in [4.69, 9.17) is 10.5 Å². The summed E-state index contributed by atoms with van der Waals surface area (Å²) in [4.78, 5) is 2.52. The molecule has 100 valence electrons. The summed E-state index contributed by atoms with van der Waals surface area (Å²) < 4.78 is 5.39. The number of ether oxygens (including phenoxy) is 1. The van der Waals surface area contributed by atoms with Gasteiger partial charge in [0, 0.05) is 31.7 Å². The Morgan fingerprint density at radius 1 is 1.28 bits per heavy atom. The Bertz CT molecular complexity index is 395. The lowest BCUT2D eigenvalue weighted by Crippen LogP contribution is -2.20. The Hall–Kier alpha value is -1.06. The first-order valence-corrected chi connectivity index (χ1v) is 6.72. The van der Waals surface area contributed by atoms with Crippen LogP contribution in [0, 0.1) is 11.8 Å². The molecular weight excluding hydrogens is 224 g/mol. The van der Waals surface area contributed by atoms with Crippen molar-refractivity contribution in [2.24, 2.45) is 17.6 Å². The Kier molecular flexibility index (Phi) is 4.25. The van der Waals surface area contributed by atoms with Crippen LogP contribution in [0.25, 0.3) is 0 Å². The maximum atomic E-state index is 5.69. The van der Waals surface area contributed by atoms with E-state index in [-0.39, 0.29) is 0 Å². The minimum absolute atomic E-state index is 0.529. The Morgan fingerprint density at radius 3 is 2.50 bits per heavy atom. The zero-order chi connectivity index (χ0) is 13.1. The molecule has 0 aliphatic carbocycles. The molecule has 1 saturated heterocycles. The molecule has 3 nitrogen and oxygen atoms in total. The highest BCUT2D eigenvalue weighted by atomic mass is 16.5. The van der Waals surface area contributed by atoms with E-state index in [2.05, 4.69) is 36.9 Å². The molecule has 2 unspecified atom stereocenters. The fourth-order valence-electron chi connectivity index (χ4n) is 2.69. The van der Waals surface area contributed by atoms with Crippen molar-refractivity contribution >= 4 is 0 Å². The first-order chi connectivity index (χ1) is 8.63. The molecule has 1 aliphatic heterocycles. The highest BCUT2D eigenvalue weighted by molar-refractivity contribution is 5.37. The Balaban J connectivity index is 2.06. The molecule has 2 N–H and O–H groups in total. The van der Waals surface area contributed by atoms with E-state index in [1.807, 2.05) is 0 Å². The Morgan fingerprint density at radius 2 is 1.94 bits per heavy atom. The van der Waals surface area contributed by atoms with Crippen LogP contribution in [0.5, 0.6) is 5.75 Å². The van der Waals surface area contributed by atoms with Crippen molar-refractivity contribution in [3.05, 3.63) is 29.3 Å². The lowest BCUT2D eigenvalue weighted by molar-refractivity contribution is 0.315. The molecule has 0 spiro atoms. The van der Waals surface area contributed by atoms with Gasteiger partial charge in [-0.1, -0.05) is 26.0 Å². The molecule has 0 saturated carbocycles. The van der Waals surface area contributed by atoms with Gasteiger partial charge in [0.25, 0.3) is 0 Å². The monoisotopic (exact) mass is 248 g/mol. The standard InChI is InChI=1S/C15H24N2O/c1-11-8-17(9-12(11)2)10-13-4-5-14(7-16)15(6-13)18-3/h4-6,11-12H,7-10,16H2,1-3H3. The molecule has 1 heterocycles. The third kappa shape index (κ3) is 2.85. The number of likely N-dealkylation sites (tertiary alicyclic amines) is 1. The summed E-state index contributed by atoms with van der Waals surface area (Å²) in [6.07, 6.45) is 0. The number of nitrogens with zero attached hydrogens (tertiary/aromatic N) is 1. The highest BCUT2D eigenvalue weighted by Gasteiger charge is 2.25. The number of rotatable bonds is 4. The average Bonchev–Trinajstić information content (AvgIpc) is 2.68. The third-order valence-electron chi connectivity index (χ3n) is 4.04. The molecule has 0 bridgehead atoms. The van der Waals surface area contributed by atoms with Crippen LogP contribution in [0.1, 0.15) is 25.0 Å². The van der Waals surface area contributed by atoms with E-state index >= 15 is 0 Å². The largest absolute Gasteiger partial charge is 0.496 e. The van der Waals surface area contributed by atoms with E-state index in [9.17, 15) is 0 Å². The summed E-state index contributed by atoms with van der Waals surface area (Å²) in [5.41, 5.74) is 8.07. The molecule has 1 fully saturated rings. The van der Waals surface area contributed by atoms with Gasteiger partial charge < -0.3 is 10.5 Å². The SMILES string of the molecule is COc1cc(CN2CC(C)C(C)C2)ccc1CN. The molecule has 18 heavy (non-hydrogen) atoms. The van der Waals surface area contributed by atoms with Crippen LogP contribution in [0.3, 0.4) is 0 Å². The smallest absolute Gasteiger partial charge is 0.123 e. The summed E-state index contributed by atoms with van der Waals surface area (Å²) in [7, 11) is 1.71. The molecule has 1 aromatic rings. The van der Waals surface area contributed by atoms with Crippen LogP contribution in [0.2, 0.25) is 0 Å². The average molecular weight is 248 g/mol. The first-order valence-electron chi connectivity index (χ1n) is 6.72. The molecule has 2 rings (SSSR count). The zero-order valence-corrected chi connectivity index (χ0v) is 11.6. The lowest BCUT2D eigenvalue weighted by atomic mass is 10.0. The quantitative estimate of drug-likeness (QED) is 0.888. The van der Waals surface area contributed by atoms with Gasteiger partial charge in [0.15, 0.2) is 0 Å². The van der Waals surface area contributed by atoms with E-state index < -0.39 is 0 Å². The van der Waals surface area contributed by atoms with Gasteiger partial charge in [-0.3, -0.25) is 4.90 Å². The van der Waals surface area contributed by atoms with E-state index in [1.165, 1.54) is 18.7 Å². The van der Waals surface area contributed by atoms with Gasteiger partial charge in [0.1, 0.15) is 5.75 Å². The minimum Gasteiger partial charge on any atom is -0.496 e. The van der Waals surface area contributed by atoms with Crippen LogP contribution in [0.4, 0.5) is 0 Å². The van der Waals surface area contributed by atoms with Gasteiger partial charge in [-0.05, 0) is 23.5 Å². The lowest BCUT2D eigenvalue weighted by Gasteiger charge is -2.17. The van der Waals surface area contributed by atoms with Crippen LogP contribution in [-0.4, -0.2) is 25.1 Å². The van der Waals surface area contributed by atoms with Crippen molar-refractivity contribution in [2.75, 3.05) is 20.2 Å². The van der Waals surface area contributed by atoms with Gasteiger partial charge in [0.2, 0.25) is 0 Å². The maximum absolute atomic E-state index is 5.69. The number of hydrogen-bond donors (Lipinski definition) is 1. The molecule has 0 radical (unpaired) electrons. The summed E-state index contributed by atoms with van der Waals surface area (Å²) in [5.74, 6) is 2.51. The normalized spacial score (nSPS) is 24.4. The molecule has 0 amide bonds. The van der Waals surface area contributed by atoms with Crippen LogP contribution in [0.15, 0.2) is 18.2 Å².